The highest BCUT2D eigenvalue weighted by Crippen LogP contribution is 2.31. The molecule has 1 aliphatic rings. The van der Waals surface area contributed by atoms with Crippen LogP contribution in [-0.2, 0) is 17.3 Å². The van der Waals surface area contributed by atoms with Gasteiger partial charge in [-0.2, -0.15) is 13.2 Å². The summed E-state index contributed by atoms with van der Waals surface area (Å²) in [5.74, 6) is -0.192. The lowest BCUT2D eigenvalue weighted by atomic mass is 10.1. The lowest BCUT2D eigenvalue weighted by Crippen LogP contribution is -2.17. The van der Waals surface area contributed by atoms with Crippen LogP contribution in [0.5, 0.6) is 5.75 Å². The molecule has 148 valence electrons. The van der Waals surface area contributed by atoms with E-state index < -0.39 is 17.8 Å². The number of amidine groups is 1. The third kappa shape index (κ3) is 5.38. The molecule has 1 amide bonds. The molecule has 28 heavy (non-hydrogen) atoms. The van der Waals surface area contributed by atoms with Crippen molar-refractivity contribution < 1.29 is 27.4 Å². The molecule has 0 aromatic heterocycles. The van der Waals surface area contributed by atoms with Crippen LogP contribution in [0.25, 0.3) is 0 Å². The van der Waals surface area contributed by atoms with Gasteiger partial charge >= 0.3 is 12.3 Å². The molecule has 3 rings (SSSR count). The van der Waals surface area contributed by atoms with Crippen LogP contribution in [0.4, 0.5) is 23.7 Å². The second-order valence-corrected chi connectivity index (χ2v) is 6.21. The van der Waals surface area contributed by atoms with Crippen molar-refractivity contribution in [2.75, 3.05) is 11.9 Å². The molecule has 3 N–H and O–H groups in total. The van der Waals surface area contributed by atoms with E-state index in [4.69, 9.17) is 15.2 Å². The first-order chi connectivity index (χ1) is 13.3. The zero-order chi connectivity index (χ0) is 20.1. The van der Waals surface area contributed by atoms with E-state index in [2.05, 4.69) is 10.3 Å². The summed E-state index contributed by atoms with van der Waals surface area (Å²) in [6.45, 7) is 0.479. The first kappa shape index (κ1) is 19.5. The van der Waals surface area contributed by atoms with Crippen molar-refractivity contribution in [3.05, 3.63) is 59.7 Å². The Morgan fingerprint density at radius 1 is 1.25 bits per heavy atom. The van der Waals surface area contributed by atoms with Crippen LogP contribution in [0.15, 0.2) is 53.5 Å². The fourth-order valence-corrected chi connectivity index (χ4v) is 2.66. The molecule has 2 aromatic rings. The molecule has 2 aromatic carbocycles. The van der Waals surface area contributed by atoms with Gasteiger partial charge in [-0.05, 0) is 48.7 Å². The normalized spacial score (nSPS) is 16.2. The summed E-state index contributed by atoms with van der Waals surface area (Å²) in [6.07, 6.45) is -3.84. The smallest absolute Gasteiger partial charge is 0.417 e. The number of hydrogen-bond acceptors (Lipinski definition) is 5. The van der Waals surface area contributed by atoms with Crippen molar-refractivity contribution in [3.63, 3.8) is 0 Å². The molecule has 1 atom stereocenters. The van der Waals surface area contributed by atoms with Gasteiger partial charge in [0.15, 0.2) is 0 Å². The molecule has 0 saturated heterocycles. The van der Waals surface area contributed by atoms with E-state index in [-0.39, 0.29) is 17.8 Å². The number of nitrogens with one attached hydrogen (secondary N) is 1. The monoisotopic (exact) mass is 393 g/mol. The van der Waals surface area contributed by atoms with Crippen molar-refractivity contribution >= 4 is 17.8 Å². The molecule has 6 nitrogen and oxygen atoms in total. The zero-order valence-corrected chi connectivity index (χ0v) is 14.7. The number of alkyl halides is 3. The van der Waals surface area contributed by atoms with Gasteiger partial charge in [-0.3, -0.25) is 5.32 Å². The molecule has 0 bridgehead atoms. The Balaban J connectivity index is 1.52. The highest BCUT2D eigenvalue weighted by Gasteiger charge is 2.30. The van der Waals surface area contributed by atoms with Crippen LogP contribution < -0.4 is 15.8 Å². The molecule has 0 aliphatic carbocycles. The topological polar surface area (TPSA) is 85.9 Å². The van der Waals surface area contributed by atoms with Crippen LogP contribution in [0, 0.1) is 0 Å². The highest BCUT2D eigenvalue weighted by molar-refractivity contribution is 5.86. The van der Waals surface area contributed by atoms with E-state index in [1.165, 1.54) is 12.1 Å². The summed E-state index contributed by atoms with van der Waals surface area (Å²) in [7, 11) is 0. The number of anilines is 1. The number of nitrogens with zero attached hydrogens (tertiary/aromatic N) is 1. The molecule has 0 spiro atoms. The van der Waals surface area contributed by atoms with Gasteiger partial charge in [0.05, 0.1) is 11.6 Å². The van der Waals surface area contributed by atoms with E-state index in [9.17, 15) is 18.0 Å². The number of benzene rings is 2. The van der Waals surface area contributed by atoms with E-state index >= 15 is 0 Å². The van der Waals surface area contributed by atoms with E-state index in [0.717, 1.165) is 30.5 Å². The number of carbonyl (C=O) groups is 1. The van der Waals surface area contributed by atoms with Gasteiger partial charge in [0.25, 0.3) is 6.02 Å². The minimum absolute atomic E-state index is 0.0419. The minimum Gasteiger partial charge on any atom is -0.463 e. The quantitative estimate of drug-likeness (QED) is 0.805. The summed E-state index contributed by atoms with van der Waals surface area (Å²) in [5, 5.41) is 2.48. The molecule has 1 heterocycles. The summed E-state index contributed by atoms with van der Waals surface area (Å²) in [4.78, 5) is 16.1. The van der Waals surface area contributed by atoms with E-state index in [0.29, 0.717) is 12.3 Å². The van der Waals surface area contributed by atoms with Gasteiger partial charge in [-0.15, -0.1) is 0 Å². The Bertz CT molecular complexity index is 867. The maximum Gasteiger partial charge on any atom is 0.417 e. The molecule has 0 radical (unpaired) electrons. The number of rotatable bonds is 5. The predicted octanol–water partition coefficient (Wildman–Crippen LogP) is 3.96. The largest absolute Gasteiger partial charge is 0.463 e. The van der Waals surface area contributed by atoms with Gasteiger partial charge in [-0.1, -0.05) is 18.2 Å². The minimum atomic E-state index is -4.51. The average molecular weight is 393 g/mol. The summed E-state index contributed by atoms with van der Waals surface area (Å²) in [6, 6.07) is 11.4. The SMILES string of the molecule is NC1=N[C@@H](CCc2ccc(NC(=O)Oc3cccc(C(F)(F)F)c3)cc2)CO1. The van der Waals surface area contributed by atoms with E-state index in [1.807, 2.05) is 12.1 Å². The van der Waals surface area contributed by atoms with Crippen LogP contribution in [0.1, 0.15) is 17.5 Å². The molecule has 9 heteroatoms. The van der Waals surface area contributed by atoms with Crippen LogP contribution >= 0.6 is 0 Å². The Hall–Kier alpha value is -3.23. The third-order valence-corrected chi connectivity index (χ3v) is 4.07. The van der Waals surface area contributed by atoms with Crippen LogP contribution in [-0.4, -0.2) is 24.8 Å². The number of carbonyl (C=O) groups excluding carboxylic acids is 1. The number of amides is 1. The van der Waals surface area contributed by atoms with Crippen molar-refractivity contribution in [2.45, 2.75) is 25.1 Å². The Morgan fingerprint density at radius 3 is 2.64 bits per heavy atom. The van der Waals surface area contributed by atoms with Gasteiger partial charge in [-0.25, -0.2) is 9.79 Å². The lowest BCUT2D eigenvalue weighted by molar-refractivity contribution is -0.137. The second kappa shape index (κ2) is 8.20. The number of aliphatic imine (C=N–C) groups is 1. The summed E-state index contributed by atoms with van der Waals surface area (Å²) >= 11 is 0. The number of ether oxygens (including phenoxy) is 2. The highest BCUT2D eigenvalue weighted by atomic mass is 19.4. The molecule has 0 fully saturated rings. The van der Waals surface area contributed by atoms with Crippen molar-refractivity contribution in [1.29, 1.82) is 0 Å². The van der Waals surface area contributed by atoms with Gasteiger partial charge in [0, 0.05) is 5.69 Å². The van der Waals surface area contributed by atoms with Crippen molar-refractivity contribution in [2.24, 2.45) is 10.7 Å². The fraction of sp³-hybridized carbons (Fsp3) is 0.263. The van der Waals surface area contributed by atoms with Crippen LogP contribution in [0.3, 0.4) is 0 Å². The summed E-state index contributed by atoms with van der Waals surface area (Å²) < 4.78 is 48.1. The molecular weight excluding hydrogens is 375 g/mol. The molecule has 0 unspecified atom stereocenters. The Morgan fingerprint density at radius 2 is 2.00 bits per heavy atom. The molecule has 0 saturated carbocycles. The van der Waals surface area contributed by atoms with Crippen molar-refractivity contribution in [3.8, 4) is 5.75 Å². The first-order valence-corrected chi connectivity index (χ1v) is 8.51. The van der Waals surface area contributed by atoms with Gasteiger partial charge < -0.3 is 15.2 Å². The number of hydrogen-bond donors (Lipinski definition) is 2. The Labute approximate surface area is 159 Å². The zero-order valence-electron chi connectivity index (χ0n) is 14.7. The standard InChI is InChI=1S/C19H18F3N3O3/c20-19(21,22)13-2-1-3-16(10-13)28-18(26)25-14-7-4-12(5-8-14)6-9-15-11-27-17(23)24-15/h1-5,7-8,10,15H,6,9,11H2,(H2,23,24)(H,25,26)/t15-/m0/s1. The van der Waals surface area contributed by atoms with Crippen LogP contribution in [0.2, 0.25) is 0 Å². The number of halogens is 3. The maximum absolute atomic E-state index is 12.7. The predicted molar refractivity (Wildman–Crippen MR) is 97.2 cm³/mol. The second-order valence-electron chi connectivity index (χ2n) is 6.21. The van der Waals surface area contributed by atoms with Gasteiger partial charge in [0.2, 0.25) is 0 Å². The maximum atomic E-state index is 12.7. The van der Waals surface area contributed by atoms with Gasteiger partial charge in [0.1, 0.15) is 12.4 Å². The third-order valence-electron chi connectivity index (χ3n) is 4.07. The lowest BCUT2D eigenvalue weighted by Gasteiger charge is -2.10. The summed E-state index contributed by atoms with van der Waals surface area (Å²) in [5.41, 5.74) is 6.08. The average Bonchev–Trinajstić information content (AvgIpc) is 3.06. The Kier molecular flexibility index (Phi) is 5.72. The first-order valence-electron chi connectivity index (χ1n) is 8.51. The number of aryl methyl sites for hydroxylation is 1. The molecular formula is C19H18F3N3O3. The fourth-order valence-electron chi connectivity index (χ4n) is 2.66. The number of nitrogens with two attached hydrogens (primary N) is 1. The molecule has 1 aliphatic heterocycles. The van der Waals surface area contributed by atoms with E-state index in [1.54, 1.807) is 12.1 Å². The van der Waals surface area contributed by atoms with Crippen molar-refractivity contribution in [1.82, 2.24) is 0 Å².